The molecule has 7 heteroatoms. The van der Waals surface area contributed by atoms with Crippen LogP contribution in [0, 0.1) is 0 Å². The van der Waals surface area contributed by atoms with Gasteiger partial charge in [0.1, 0.15) is 4.88 Å². The molecule has 0 unspecified atom stereocenters. The van der Waals surface area contributed by atoms with E-state index >= 15 is 0 Å². The Balaban J connectivity index is 2.07. The largest absolute Gasteiger partial charge is 0.465 e. The Bertz CT molecular complexity index is 549. The van der Waals surface area contributed by atoms with Gasteiger partial charge in [-0.2, -0.15) is 5.10 Å². The molecule has 0 aromatic carbocycles. The average molecular weight is 266 g/mol. The average Bonchev–Trinajstić information content (AvgIpc) is 2.97. The van der Waals surface area contributed by atoms with E-state index in [1.807, 2.05) is 31.4 Å². The lowest BCUT2D eigenvalue weighted by molar-refractivity contribution is 0.0606. The van der Waals surface area contributed by atoms with Crippen LogP contribution < -0.4 is 4.90 Å². The maximum Gasteiger partial charge on any atom is 0.349 e. The summed E-state index contributed by atoms with van der Waals surface area (Å²) in [6.07, 6.45) is 5.29. The van der Waals surface area contributed by atoms with Gasteiger partial charge < -0.3 is 9.64 Å². The van der Waals surface area contributed by atoms with E-state index in [0.29, 0.717) is 11.4 Å². The van der Waals surface area contributed by atoms with Crippen molar-refractivity contribution in [1.29, 1.82) is 0 Å². The van der Waals surface area contributed by atoms with Crippen molar-refractivity contribution in [3.05, 3.63) is 29.0 Å². The minimum Gasteiger partial charge on any atom is -0.465 e. The van der Waals surface area contributed by atoms with Gasteiger partial charge in [0.25, 0.3) is 0 Å². The van der Waals surface area contributed by atoms with Crippen LogP contribution in [0.2, 0.25) is 0 Å². The number of thiazole rings is 1. The minimum atomic E-state index is -0.353. The molecule has 0 amide bonds. The van der Waals surface area contributed by atoms with E-state index in [-0.39, 0.29) is 5.97 Å². The third-order valence-corrected chi connectivity index (χ3v) is 3.48. The fourth-order valence-electron chi connectivity index (χ4n) is 1.53. The summed E-state index contributed by atoms with van der Waals surface area (Å²) in [6.45, 7) is 0.696. The van der Waals surface area contributed by atoms with Gasteiger partial charge in [-0.1, -0.05) is 11.3 Å². The van der Waals surface area contributed by atoms with Crippen molar-refractivity contribution >= 4 is 22.4 Å². The Morgan fingerprint density at radius 1 is 1.56 bits per heavy atom. The van der Waals surface area contributed by atoms with Crippen molar-refractivity contribution in [1.82, 2.24) is 14.8 Å². The lowest BCUT2D eigenvalue weighted by Gasteiger charge is -2.13. The van der Waals surface area contributed by atoms with Crippen molar-refractivity contribution in [3.8, 4) is 0 Å². The number of nitrogens with zero attached hydrogens (tertiary/aromatic N) is 4. The highest BCUT2D eigenvalue weighted by molar-refractivity contribution is 7.17. The number of esters is 1. The quantitative estimate of drug-likeness (QED) is 0.781. The van der Waals surface area contributed by atoms with Crippen LogP contribution in [0.25, 0.3) is 0 Å². The van der Waals surface area contributed by atoms with Crippen molar-refractivity contribution in [2.75, 3.05) is 19.1 Å². The molecule has 0 radical (unpaired) electrons. The van der Waals surface area contributed by atoms with E-state index in [1.165, 1.54) is 24.6 Å². The maximum atomic E-state index is 11.3. The van der Waals surface area contributed by atoms with E-state index in [2.05, 4.69) is 14.8 Å². The Morgan fingerprint density at radius 3 is 2.94 bits per heavy atom. The lowest BCUT2D eigenvalue weighted by Crippen LogP contribution is -2.15. The highest BCUT2D eigenvalue weighted by Gasteiger charge is 2.13. The van der Waals surface area contributed by atoms with Crippen LogP contribution in [0.5, 0.6) is 0 Å². The van der Waals surface area contributed by atoms with E-state index in [4.69, 9.17) is 0 Å². The fraction of sp³-hybridized carbons (Fsp3) is 0.364. The highest BCUT2D eigenvalue weighted by atomic mass is 32.1. The number of carbonyl (C=O) groups is 1. The van der Waals surface area contributed by atoms with Crippen molar-refractivity contribution < 1.29 is 9.53 Å². The first-order chi connectivity index (χ1) is 8.60. The van der Waals surface area contributed by atoms with E-state index in [1.54, 1.807) is 4.68 Å². The Morgan fingerprint density at radius 2 is 2.33 bits per heavy atom. The zero-order valence-electron chi connectivity index (χ0n) is 10.5. The summed E-state index contributed by atoms with van der Waals surface area (Å²) >= 11 is 1.31. The third kappa shape index (κ3) is 2.67. The number of hydrogen-bond acceptors (Lipinski definition) is 6. The Labute approximate surface area is 109 Å². The molecule has 0 atom stereocenters. The molecule has 2 rings (SSSR count). The van der Waals surface area contributed by atoms with Crippen LogP contribution in [0.1, 0.15) is 15.2 Å². The predicted octanol–water partition coefficient (Wildman–Crippen LogP) is 1.30. The van der Waals surface area contributed by atoms with Crippen LogP contribution in [0.15, 0.2) is 18.6 Å². The van der Waals surface area contributed by atoms with Crippen molar-refractivity contribution in [3.63, 3.8) is 0 Å². The SMILES string of the molecule is COC(=O)c1cnc(N(C)Cc2cnn(C)c2)s1. The Hall–Kier alpha value is -1.89. The summed E-state index contributed by atoms with van der Waals surface area (Å²) in [4.78, 5) is 18.0. The molecule has 0 aliphatic rings. The third-order valence-electron chi connectivity index (χ3n) is 2.38. The molecule has 0 fully saturated rings. The first-order valence-electron chi connectivity index (χ1n) is 5.33. The standard InChI is InChI=1S/C11H14N4O2S/c1-14(6-8-4-13-15(2)7-8)11-12-5-9(18-11)10(16)17-3/h4-5,7H,6H2,1-3H3. The van der Waals surface area contributed by atoms with Crippen LogP contribution in [0.4, 0.5) is 5.13 Å². The molecule has 0 aliphatic heterocycles. The molecule has 2 heterocycles. The number of anilines is 1. The van der Waals surface area contributed by atoms with Crippen molar-refractivity contribution in [2.45, 2.75) is 6.54 Å². The number of methoxy groups -OCH3 is 1. The first-order valence-corrected chi connectivity index (χ1v) is 6.14. The summed E-state index contributed by atoms with van der Waals surface area (Å²) in [5.74, 6) is -0.353. The van der Waals surface area contributed by atoms with E-state index < -0.39 is 0 Å². The maximum absolute atomic E-state index is 11.3. The molecule has 0 spiro atoms. The van der Waals surface area contributed by atoms with Gasteiger partial charge in [-0.25, -0.2) is 9.78 Å². The summed E-state index contributed by atoms with van der Waals surface area (Å²) in [6, 6.07) is 0. The number of rotatable bonds is 4. The normalized spacial score (nSPS) is 10.4. The van der Waals surface area contributed by atoms with Gasteiger partial charge in [-0.05, 0) is 0 Å². The molecular formula is C11H14N4O2S. The molecule has 0 saturated carbocycles. The highest BCUT2D eigenvalue weighted by Crippen LogP contribution is 2.23. The number of ether oxygens (including phenoxy) is 1. The number of aromatic nitrogens is 3. The number of carbonyl (C=O) groups excluding carboxylic acids is 1. The zero-order chi connectivity index (χ0) is 13.1. The second-order valence-electron chi connectivity index (χ2n) is 3.88. The van der Waals surface area contributed by atoms with Crippen LogP contribution in [-0.2, 0) is 18.3 Å². The summed E-state index contributed by atoms with van der Waals surface area (Å²) < 4.78 is 6.41. The van der Waals surface area contributed by atoms with E-state index in [9.17, 15) is 4.79 Å². The topological polar surface area (TPSA) is 60.2 Å². The van der Waals surface area contributed by atoms with Gasteiger partial charge in [0.2, 0.25) is 0 Å². The van der Waals surface area contributed by atoms with Crippen LogP contribution in [0.3, 0.4) is 0 Å². The smallest absolute Gasteiger partial charge is 0.349 e. The summed E-state index contributed by atoms with van der Waals surface area (Å²) in [5.41, 5.74) is 1.09. The first kappa shape index (κ1) is 12.6. The minimum absolute atomic E-state index is 0.353. The van der Waals surface area contributed by atoms with Crippen molar-refractivity contribution in [2.24, 2.45) is 7.05 Å². The second-order valence-corrected chi connectivity index (χ2v) is 4.89. The molecule has 2 aromatic rings. The monoisotopic (exact) mass is 266 g/mol. The molecule has 6 nitrogen and oxygen atoms in total. The molecule has 96 valence electrons. The number of hydrogen-bond donors (Lipinski definition) is 0. The lowest BCUT2D eigenvalue weighted by atomic mass is 10.3. The van der Waals surface area contributed by atoms with Gasteiger partial charge in [0, 0.05) is 32.4 Å². The molecule has 0 saturated heterocycles. The molecule has 0 aliphatic carbocycles. The number of aryl methyl sites for hydroxylation is 1. The zero-order valence-corrected chi connectivity index (χ0v) is 11.3. The molecule has 0 N–H and O–H groups in total. The van der Waals surface area contributed by atoms with E-state index in [0.717, 1.165) is 10.7 Å². The van der Waals surface area contributed by atoms with Gasteiger partial charge in [-0.3, -0.25) is 4.68 Å². The summed E-state index contributed by atoms with van der Waals surface area (Å²) in [5, 5.41) is 4.89. The molecule has 2 aromatic heterocycles. The molecular weight excluding hydrogens is 252 g/mol. The molecule has 18 heavy (non-hydrogen) atoms. The van der Waals surface area contributed by atoms with Crippen LogP contribution >= 0.6 is 11.3 Å². The van der Waals surface area contributed by atoms with Gasteiger partial charge in [0.05, 0.1) is 19.5 Å². The fourth-order valence-corrected chi connectivity index (χ4v) is 2.33. The molecule has 0 bridgehead atoms. The van der Waals surface area contributed by atoms with Crippen LogP contribution in [-0.4, -0.2) is 34.9 Å². The Kier molecular flexibility index (Phi) is 3.61. The predicted molar refractivity (Wildman–Crippen MR) is 68.8 cm³/mol. The second kappa shape index (κ2) is 5.18. The van der Waals surface area contributed by atoms with Gasteiger partial charge >= 0.3 is 5.97 Å². The summed E-state index contributed by atoms with van der Waals surface area (Å²) in [7, 11) is 5.16. The van der Waals surface area contributed by atoms with Gasteiger partial charge in [0.15, 0.2) is 5.13 Å². The van der Waals surface area contributed by atoms with Gasteiger partial charge in [-0.15, -0.1) is 0 Å².